The average Bonchev–Trinajstić information content (AvgIpc) is 2.65. The number of carbonyl (C=O) groups excluding carboxylic acids is 2. The predicted octanol–water partition coefficient (Wildman–Crippen LogP) is 4.70. The van der Waals surface area contributed by atoms with Gasteiger partial charge in [0, 0.05) is 25.2 Å². The summed E-state index contributed by atoms with van der Waals surface area (Å²) in [5.41, 5.74) is -1.53. The van der Waals surface area contributed by atoms with Gasteiger partial charge >= 0.3 is 18.2 Å². The number of hydroxylamine groups is 2. The van der Waals surface area contributed by atoms with Gasteiger partial charge in [-0.2, -0.15) is 13.2 Å². The Morgan fingerprint density at radius 3 is 2.07 bits per heavy atom. The van der Waals surface area contributed by atoms with E-state index in [9.17, 15) is 28.0 Å². The maximum absolute atomic E-state index is 13.2. The van der Waals surface area contributed by atoms with Crippen molar-refractivity contribution in [2.24, 2.45) is 5.92 Å². The minimum absolute atomic E-state index is 0.0277. The Balaban J connectivity index is 2.09. The van der Waals surface area contributed by atoms with E-state index in [1.54, 1.807) is 20.8 Å². The van der Waals surface area contributed by atoms with Crippen LogP contribution in [0.2, 0.25) is 0 Å². The highest BCUT2D eigenvalue weighted by Crippen LogP contribution is 2.34. The molecule has 0 radical (unpaired) electrons. The van der Waals surface area contributed by atoms with Crippen LogP contribution in [0.5, 0.6) is 0 Å². The molecule has 1 saturated heterocycles. The maximum atomic E-state index is 13.2. The molecule has 2 rings (SSSR count). The van der Waals surface area contributed by atoms with E-state index in [-0.39, 0.29) is 25.3 Å². The van der Waals surface area contributed by atoms with Crippen LogP contribution in [0.25, 0.3) is 0 Å². The Bertz CT molecular complexity index is 736. The molecule has 9 heteroatoms. The monoisotopic (exact) mass is 416 g/mol. The highest BCUT2D eigenvalue weighted by atomic mass is 19.4. The molecule has 2 amide bonds. The highest BCUT2D eigenvalue weighted by molar-refractivity contribution is 5.91. The first-order valence-corrected chi connectivity index (χ1v) is 9.57. The third-order valence-electron chi connectivity index (χ3n) is 4.91. The quantitative estimate of drug-likeness (QED) is 0.529. The van der Waals surface area contributed by atoms with Crippen molar-refractivity contribution in [1.29, 1.82) is 0 Å². The van der Waals surface area contributed by atoms with Crippen molar-refractivity contribution in [1.82, 2.24) is 9.55 Å². The van der Waals surface area contributed by atoms with E-state index in [0.29, 0.717) is 12.8 Å². The number of quaternary nitrogens is 1. The number of piperidine rings is 1. The lowest BCUT2D eigenvalue weighted by atomic mass is 9.95. The van der Waals surface area contributed by atoms with E-state index in [2.05, 4.69) is 0 Å². The fourth-order valence-electron chi connectivity index (χ4n) is 3.29. The zero-order valence-electron chi connectivity index (χ0n) is 17.1. The van der Waals surface area contributed by atoms with Crippen LogP contribution < -0.4 is 4.65 Å². The molecule has 0 bridgehead atoms. The van der Waals surface area contributed by atoms with Crippen molar-refractivity contribution < 1.29 is 27.5 Å². The first kappa shape index (κ1) is 23.2. The number of halogens is 3. The molecule has 29 heavy (non-hydrogen) atoms. The fraction of sp³-hybridized carbons (Fsp3) is 0.600. The van der Waals surface area contributed by atoms with Gasteiger partial charge in [0.1, 0.15) is 11.3 Å². The maximum Gasteiger partial charge on any atom is 0.416 e. The third-order valence-corrected chi connectivity index (χ3v) is 4.91. The summed E-state index contributed by atoms with van der Waals surface area (Å²) in [6.45, 7) is 7.24. The Morgan fingerprint density at radius 2 is 1.66 bits per heavy atom. The lowest BCUT2D eigenvalue weighted by molar-refractivity contribution is -0.137. The SMILES string of the molecule is CC[N+]([O-])(C(=O)C1CCN(C(=O)OC(C)(C)C)CC1)c1ccc(C(F)(F)F)cc1. The molecule has 1 aromatic carbocycles. The summed E-state index contributed by atoms with van der Waals surface area (Å²) < 4.78 is 42.3. The van der Waals surface area contributed by atoms with Crippen molar-refractivity contribution in [3.8, 4) is 0 Å². The largest absolute Gasteiger partial charge is 0.620 e. The zero-order chi connectivity index (χ0) is 22.0. The normalized spacial score (nSPS) is 18.3. The topological polar surface area (TPSA) is 69.7 Å². The number of benzene rings is 1. The van der Waals surface area contributed by atoms with E-state index in [1.165, 1.54) is 11.8 Å². The number of amides is 2. The third kappa shape index (κ3) is 5.48. The Morgan fingerprint density at radius 1 is 1.14 bits per heavy atom. The first-order valence-electron chi connectivity index (χ1n) is 9.57. The van der Waals surface area contributed by atoms with Crippen molar-refractivity contribution in [3.05, 3.63) is 35.0 Å². The van der Waals surface area contributed by atoms with Gasteiger partial charge in [-0.3, -0.25) is 4.65 Å². The summed E-state index contributed by atoms with van der Waals surface area (Å²) in [7, 11) is 0. The Hall–Kier alpha value is -2.13. The number of hydrogen-bond donors (Lipinski definition) is 0. The molecule has 0 aromatic heterocycles. The van der Waals surface area contributed by atoms with Gasteiger partial charge in [-0.1, -0.05) is 0 Å². The zero-order valence-corrected chi connectivity index (χ0v) is 17.1. The molecule has 1 aromatic rings. The van der Waals surface area contributed by atoms with Crippen LogP contribution in [0.1, 0.15) is 46.1 Å². The summed E-state index contributed by atoms with van der Waals surface area (Å²) >= 11 is 0. The molecular formula is C20H27F3N2O4. The second-order valence-electron chi connectivity index (χ2n) is 8.18. The van der Waals surface area contributed by atoms with E-state index in [4.69, 9.17) is 4.74 Å². The second-order valence-corrected chi connectivity index (χ2v) is 8.18. The highest BCUT2D eigenvalue weighted by Gasteiger charge is 2.39. The first-order chi connectivity index (χ1) is 13.3. The summed E-state index contributed by atoms with van der Waals surface area (Å²) in [6, 6.07) is 3.75. The van der Waals surface area contributed by atoms with Crippen LogP contribution in [-0.4, -0.2) is 42.1 Å². The van der Waals surface area contributed by atoms with Crippen molar-refractivity contribution in [2.45, 2.75) is 52.3 Å². The molecule has 1 aliphatic heterocycles. The lowest BCUT2D eigenvalue weighted by Crippen LogP contribution is -2.54. The number of hydrogen-bond acceptors (Lipinski definition) is 4. The second kappa shape index (κ2) is 8.31. The predicted molar refractivity (Wildman–Crippen MR) is 103 cm³/mol. The van der Waals surface area contributed by atoms with Gasteiger partial charge in [-0.15, -0.1) is 0 Å². The molecule has 1 aliphatic rings. The molecule has 6 nitrogen and oxygen atoms in total. The Kier molecular flexibility index (Phi) is 6.64. The number of likely N-dealkylation sites (tertiary alicyclic amines) is 1. The number of alkyl halides is 3. The molecular weight excluding hydrogens is 389 g/mol. The van der Waals surface area contributed by atoms with Gasteiger partial charge in [-0.05, 0) is 52.7 Å². The molecule has 0 saturated carbocycles. The average molecular weight is 416 g/mol. The van der Waals surface area contributed by atoms with Crippen molar-refractivity contribution in [3.63, 3.8) is 0 Å². The molecule has 162 valence electrons. The summed E-state index contributed by atoms with van der Waals surface area (Å²) in [5, 5.41) is 13.2. The van der Waals surface area contributed by atoms with Crippen LogP contribution in [0.15, 0.2) is 24.3 Å². The van der Waals surface area contributed by atoms with Crippen molar-refractivity contribution >= 4 is 17.7 Å². The van der Waals surface area contributed by atoms with Crippen LogP contribution in [-0.2, 0) is 15.7 Å². The molecule has 0 N–H and O–H groups in total. The van der Waals surface area contributed by atoms with Crippen LogP contribution in [0, 0.1) is 11.1 Å². The molecule has 1 unspecified atom stereocenters. The van der Waals surface area contributed by atoms with Crippen molar-refractivity contribution in [2.75, 3.05) is 19.6 Å². The minimum Gasteiger partial charge on any atom is -0.620 e. The molecule has 1 heterocycles. The number of carbonyl (C=O) groups is 2. The van der Waals surface area contributed by atoms with E-state index in [0.717, 1.165) is 24.3 Å². The molecule has 0 aliphatic carbocycles. The van der Waals surface area contributed by atoms with Crippen LogP contribution in [0.4, 0.5) is 23.7 Å². The smallest absolute Gasteiger partial charge is 0.416 e. The number of rotatable bonds is 3. The van der Waals surface area contributed by atoms with Gasteiger partial charge in [-0.25, -0.2) is 9.59 Å². The van der Waals surface area contributed by atoms with E-state index < -0.39 is 39.9 Å². The van der Waals surface area contributed by atoms with Gasteiger partial charge in [0.25, 0.3) is 0 Å². The van der Waals surface area contributed by atoms with Gasteiger partial charge in [0.2, 0.25) is 0 Å². The van der Waals surface area contributed by atoms with Gasteiger partial charge in [0.15, 0.2) is 0 Å². The van der Waals surface area contributed by atoms with E-state index >= 15 is 0 Å². The summed E-state index contributed by atoms with van der Waals surface area (Å²) in [6.07, 6.45) is -4.37. The number of ether oxygens (including phenoxy) is 1. The number of nitrogens with zero attached hydrogens (tertiary/aromatic N) is 2. The van der Waals surface area contributed by atoms with E-state index in [1.807, 2.05) is 0 Å². The van der Waals surface area contributed by atoms with Gasteiger partial charge < -0.3 is 14.8 Å². The lowest BCUT2D eigenvalue weighted by Gasteiger charge is -2.42. The summed E-state index contributed by atoms with van der Waals surface area (Å²) in [5.74, 6) is -1.18. The summed E-state index contributed by atoms with van der Waals surface area (Å²) in [4.78, 5) is 26.6. The minimum atomic E-state index is -4.51. The fourth-order valence-corrected chi connectivity index (χ4v) is 3.29. The molecule has 0 spiro atoms. The molecule has 1 atom stereocenters. The Labute approximate surface area is 168 Å². The standard InChI is InChI=1S/C20H27F3N2O4/c1-5-25(28,16-8-6-15(7-9-16)20(21,22)23)17(26)14-10-12-24(13-11-14)18(27)29-19(2,3)4/h6-9,14H,5,10-13H2,1-4H3. The molecule has 1 fully saturated rings. The van der Waals surface area contributed by atoms with Crippen LogP contribution in [0.3, 0.4) is 0 Å². The van der Waals surface area contributed by atoms with Crippen LogP contribution >= 0.6 is 0 Å². The van der Waals surface area contributed by atoms with Gasteiger partial charge in [0.05, 0.1) is 18.0 Å².